The van der Waals surface area contributed by atoms with Gasteiger partial charge in [0.2, 0.25) is 0 Å². The van der Waals surface area contributed by atoms with Crippen LogP contribution in [-0.2, 0) is 0 Å². The Morgan fingerprint density at radius 2 is 1.20 bits per heavy atom. The quantitative estimate of drug-likeness (QED) is 0.433. The van der Waals surface area contributed by atoms with Crippen LogP contribution in [0, 0.1) is 0 Å². The molecule has 0 aliphatic rings. The van der Waals surface area contributed by atoms with Crippen molar-refractivity contribution in [3.05, 3.63) is 0 Å². The fraction of sp³-hybridized carbons (Fsp3) is 1.00. The Hall–Kier alpha value is 1.01. The first-order chi connectivity index (χ1) is 4.83. The van der Waals surface area contributed by atoms with E-state index in [0.717, 1.165) is 0 Å². The van der Waals surface area contributed by atoms with Crippen molar-refractivity contribution in [2.24, 2.45) is 0 Å². The number of halogens is 2. The van der Waals surface area contributed by atoms with Gasteiger partial charge in [-0.05, 0) is 0 Å². The van der Waals surface area contributed by atoms with Gasteiger partial charge in [0.05, 0.1) is 0 Å². The van der Waals surface area contributed by atoms with Crippen LogP contribution in [0.3, 0.4) is 0 Å². The van der Waals surface area contributed by atoms with E-state index in [9.17, 15) is 0 Å². The van der Waals surface area contributed by atoms with Gasteiger partial charge >= 0.3 is 0 Å². The Kier molecular flexibility index (Phi) is 22.5. The van der Waals surface area contributed by atoms with E-state index in [1.165, 1.54) is 32.1 Å². The van der Waals surface area contributed by atoms with E-state index in [0.29, 0.717) is 7.29 Å². The maximum absolute atomic E-state index is 4.74. The van der Waals surface area contributed by atoms with Crippen molar-refractivity contribution >= 4 is 29.8 Å². The first kappa shape index (κ1) is 13.6. The lowest BCUT2D eigenvalue weighted by Gasteiger charge is -1.90. The maximum atomic E-state index is 4.74. The van der Waals surface area contributed by atoms with Gasteiger partial charge in [-0.25, -0.2) is 0 Å². The lowest BCUT2D eigenvalue weighted by molar-refractivity contribution is 0.656. The van der Waals surface area contributed by atoms with E-state index in [-0.39, 0.29) is 0 Å². The molecule has 0 bridgehead atoms. The molecule has 0 N–H and O–H groups in total. The Labute approximate surface area is 76.0 Å². The molecule has 0 nitrogen and oxygen atoms in total. The molecule has 63 valence electrons. The molecule has 0 aromatic rings. The van der Waals surface area contributed by atoms with E-state index in [2.05, 4.69) is 13.8 Å². The standard InChI is InChI=1S/C7H16.Cl2P/c1-3-5-7-6-4-2;1-3-2/h3-7H2,1-2H3;. The van der Waals surface area contributed by atoms with Crippen LogP contribution in [0.5, 0.6) is 0 Å². The van der Waals surface area contributed by atoms with Crippen LogP contribution in [0.25, 0.3) is 0 Å². The molecule has 0 aromatic heterocycles. The van der Waals surface area contributed by atoms with Crippen LogP contribution in [0.1, 0.15) is 46.0 Å². The van der Waals surface area contributed by atoms with Crippen LogP contribution >= 0.6 is 29.8 Å². The second-order valence-electron chi connectivity index (χ2n) is 2.12. The highest BCUT2D eigenvalue weighted by atomic mass is 35.9. The summed E-state index contributed by atoms with van der Waals surface area (Å²) < 4.78 is 0. The topological polar surface area (TPSA) is 0 Å². The fourth-order valence-corrected chi connectivity index (χ4v) is 0.677. The molecule has 0 spiro atoms. The van der Waals surface area contributed by atoms with Crippen LogP contribution in [0.4, 0.5) is 0 Å². The molecule has 0 atom stereocenters. The average Bonchev–Trinajstić information content (AvgIpc) is 1.91. The molecule has 0 saturated heterocycles. The van der Waals surface area contributed by atoms with Gasteiger partial charge in [-0.1, -0.05) is 68.4 Å². The summed E-state index contributed by atoms with van der Waals surface area (Å²) in [6, 6.07) is 0. The highest BCUT2D eigenvalue weighted by Crippen LogP contribution is 2.19. The molecule has 0 unspecified atom stereocenters. The lowest BCUT2D eigenvalue weighted by atomic mass is 10.2. The molecule has 1 radical (unpaired) electrons. The second-order valence-corrected chi connectivity index (χ2v) is 3.79. The largest absolute Gasteiger partial charge is 0.141 e. The van der Waals surface area contributed by atoms with Crippen molar-refractivity contribution in [3.63, 3.8) is 0 Å². The number of unbranched alkanes of at least 4 members (excludes halogenated alkanes) is 4. The van der Waals surface area contributed by atoms with Crippen molar-refractivity contribution in [1.29, 1.82) is 0 Å². The van der Waals surface area contributed by atoms with Gasteiger partial charge < -0.3 is 0 Å². The van der Waals surface area contributed by atoms with Gasteiger partial charge in [-0.3, -0.25) is 0 Å². The summed E-state index contributed by atoms with van der Waals surface area (Å²) in [4.78, 5) is 0. The molecule has 0 rings (SSSR count). The van der Waals surface area contributed by atoms with Gasteiger partial charge in [0.15, 0.2) is 0 Å². The van der Waals surface area contributed by atoms with Crippen molar-refractivity contribution in [2.75, 3.05) is 0 Å². The minimum atomic E-state index is 0.361. The molecule has 0 fully saturated rings. The molecule has 0 aliphatic carbocycles. The SMILES string of the molecule is CCCCCCC.Cl[P]Cl. The Morgan fingerprint density at radius 1 is 0.900 bits per heavy atom. The zero-order chi connectivity index (χ0) is 8.24. The van der Waals surface area contributed by atoms with E-state index in [4.69, 9.17) is 22.5 Å². The second kappa shape index (κ2) is 16.5. The summed E-state index contributed by atoms with van der Waals surface area (Å²) >= 11 is 9.47. The first-order valence-corrected chi connectivity index (χ1v) is 6.46. The summed E-state index contributed by atoms with van der Waals surface area (Å²) in [6.07, 6.45) is 7.01. The molecule has 10 heavy (non-hydrogen) atoms. The van der Waals surface area contributed by atoms with Gasteiger partial charge in [-0.2, -0.15) is 0 Å². The Bertz CT molecular complexity index is 38.6. The van der Waals surface area contributed by atoms with E-state index in [1.54, 1.807) is 0 Å². The van der Waals surface area contributed by atoms with Crippen LogP contribution in [-0.4, -0.2) is 0 Å². The number of hydrogen-bond acceptors (Lipinski definition) is 0. The summed E-state index contributed by atoms with van der Waals surface area (Å²) in [7, 11) is 0.361. The van der Waals surface area contributed by atoms with Gasteiger partial charge in [-0.15, -0.1) is 0 Å². The summed E-state index contributed by atoms with van der Waals surface area (Å²) in [5.74, 6) is 0. The molecule has 3 heteroatoms. The van der Waals surface area contributed by atoms with Crippen molar-refractivity contribution < 1.29 is 0 Å². The van der Waals surface area contributed by atoms with E-state index >= 15 is 0 Å². The monoisotopic (exact) mass is 201 g/mol. The predicted molar refractivity (Wildman–Crippen MR) is 53.1 cm³/mol. The molecule has 0 saturated carbocycles. The average molecular weight is 202 g/mol. The highest BCUT2D eigenvalue weighted by Gasteiger charge is 1.80. The third kappa shape index (κ3) is 23.0. The smallest absolute Gasteiger partial charge is 0.0704 e. The number of hydrogen-bond donors (Lipinski definition) is 0. The molecular formula is C7H16Cl2P. The number of rotatable bonds is 4. The van der Waals surface area contributed by atoms with Gasteiger partial charge in [0.1, 0.15) is 7.29 Å². The Morgan fingerprint density at radius 3 is 1.40 bits per heavy atom. The summed E-state index contributed by atoms with van der Waals surface area (Å²) in [5, 5.41) is 0. The van der Waals surface area contributed by atoms with Gasteiger partial charge in [0.25, 0.3) is 0 Å². The minimum absolute atomic E-state index is 0.361. The van der Waals surface area contributed by atoms with Crippen LogP contribution < -0.4 is 0 Å². The minimum Gasteiger partial charge on any atom is -0.0704 e. The van der Waals surface area contributed by atoms with Crippen LogP contribution in [0.15, 0.2) is 0 Å². The van der Waals surface area contributed by atoms with Crippen LogP contribution in [0.2, 0.25) is 0 Å². The van der Waals surface area contributed by atoms with E-state index in [1.807, 2.05) is 0 Å². The first-order valence-electron chi connectivity index (χ1n) is 3.75. The zero-order valence-corrected chi connectivity index (χ0v) is 9.14. The Balaban J connectivity index is 0. The highest BCUT2D eigenvalue weighted by molar-refractivity contribution is 7.90. The molecule has 0 aromatic carbocycles. The fourth-order valence-electron chi connectivity index (χ4n) is 0.677. The summed E-state index contributed by atoms with van der Waals surface area (Å²) in [5.41, 5.74) is 0. The zero-order valence-electron chi connectivity index (χ0n) is 6.74. The molecular weight excluding hydrogens is 186 g/mol. The van der Waals surface area contributed by atoms with Crippen molar-refractivity contribution in [3.8, 4) is 0 Å². The van der Waals surface area contributed by atoms with Gasteiger partial charge in [0, 0.05) is 0 Å². The molecule has 0 aliphatic heterocycles. The third-order valence-electron chi connectivity index (χ3n) is 1.21. The molecule has 0 heterocycles. The third-order valence-corrected chi connectivity index (χ3v) is 1.21. The summed E-state index contributed by atoms with van der Waals surface area (Å²) in [6.45, 7) is 4.49. The normalized spacial score (nSPS) is 8.40. The van der Waals surface area contributed by atoms with Crippen molar-refractivity contribution in [1.82, 2.24) is 0 Å². The molecule has 0 amide bonds. The van der Waals surface area contributed by atoms with E-state index < -0.39 is 0 Å². The maximum Gasteiger partial charge on any atom is 0.141 e. The lowest BCUT2D eigenvalue weighted by Crippen LogP contribution is -1.70. The predicted octanol–water partition coefficient (Wildman–Crippen LogP) is 5.22. The van der Waals surface area contributed by atoms with Crippen molar-refractivity contribution in [2.45, 2.75) is 46.0 Å².